The predicted molar refractivity (Wildman–Crippen MR) is 61.1 cm³/mol. The first-order valence-corrected chi connectivity index (χ1v) is 7.11. The average Bonchev–Trinajstić information content (AvgIpc) is 2.22. The molecule has 0 aromatic heterocycles. The molecule has 1 saturated carbocycles. The lowest BCUT2D eigenvalue weighted by atomic mass is 9.94. The van der Waals surface area contributed by atoms with Gasteiger partial charge in [0, 0.05) is 6.04 Å². The van der Waals surface area contributed by atoms with Crippen LogP contribution in [-0.4, -0.2) is 19.6 Å². The Hall–Kier alpha value is -1.28. The maximum atomic E-state index is 12.6. The van der Waals surface area contributed by atoms with Crippen LogP contribution in [0.1, 0.15) is 24.8 Å². The number of benzene rings is 1. The number of sulfonamides is 1. The molecule has 1 aliphatic carbocycles. The Morgan fingerprint density at radius 2 is 1.89 bits per heavy atom. The third kappa shape index (κ3) is 3.01. The highest BCUT2D eigenvalue weighted by atomic mass is 32.2. The van der Waals surface area contributed by atoms with E-state index in [2.05, 4.69) is 4.72 Å². The van der Waals surface area contributed by atoms with E-state index in [4.69, 9.17) is 5.11 Å². The minimum atomic E-state index is -4.80. The summed E-state index contributed by atoms with van der Waals surface area (Å²) in [5.74, 6) is -0.991. The topological polar surface area (TPSA) is 66.4 Å². The van der Waals surface area contributed by atoms with Crippen molar-refractivity contribution < 1.29 is 26.7 Å². The van der Waals surface area contributed by atoms with Crippen LogP contribution in [0.25, 0.3) is 0 Å². The summed E-state index contributed by atoms with van der Waals surface area (Å²) in [6.45, 7) is 0. The molecule has 1 aromatic rings. The number of hydrogen-bond acceptors (Lipinski definition) is 3. The third-order valence-corrected chi connectivity index (χ3v) is 4.53. The number of nitrogens with one attached hydrogen (secondary N) is 1. The molecule has 1 fully saturated rings. The quantitative estimate of drug-likeness (QED) is 0.898. The van der Waals surface area contributed by atoms with Crippen molar-refractivity contribution in [2.45, 2.75) is 36.4 Å². The SMILES string of the molecule is O=S(=O)(NC1CCC1)c1ccc(O)c(C(F)(F)F)c1. The van der Waals surface area contributed by atoms with E-state index in [-0.39, 0.29) is 6.04 Å². The van der Waals surface area contributed by atoms with Gasteiger partial charge in [-0.3, -0.25) is 0 Å². The fraction of sp³-hybridized carbons (Fsp3) is 0.455. The van der Waals surface area contributed by atoms with Crippen molar-refractivity contribution in [1.82, 2.24) is 4.72 Å². The second-order valence-electron chi connectivity index (χ2n) is 4.43. The molecular weight excluding hydrogens is 283 g/mol. The number of rotatable bonds is 3. The van der Waals surface area contributed by atoms with Crippen LogP contribution < -0.4 is 4.72 Å². The van der Waals surface area contributed by atoms with Crippen LogP contribution >= 0.6 is 0 Å². The Morgan fingerprint density at radius 1 is 1.26 bits per heavy atom. The van der Waals surface area contributed by atoms with Crippen LogP contribution in [0.4, 0.5) is 13.2 Å². The predicted octanol–water partition coefficient (Wildman–Crippen LogP) is 2.24. The molecule has 8 heteroatoms. The standard InChI is InChI=1S/C11H12F3NO3S/c12-11(13,14)9-6-8(4-5-10(9)16)19(17,18)15-7-2-1-3-7/h4-7,15-16H,1-3H2. The highest BCUT2D eigenvalue weighted by Gasteiger charge is 2.35. The highest BCUT2D eigenvalue weighted by molar-refractivity contribution is 7.89. The number of halogens is 3. The van der Waals surface area contributed by atoms with Gasteiger partial charge in [0.1, 0.15) is 5.75 Å². The molecule has 106 valence electrons. The zero-order valence-corrected chi connectivity index (χ0v) is 10.6. The van der Waals surface area contributed by atoms with Crippen molar-refractivity contribution in [2.75, 3.05) is 0 Å². The van der Waals surface area contributed by atoms with E-state index in [0.29, 0.717) is 18.9 Å². The van der Waals surface area contributed by atoms with Crippen molar-refractivity contribution in [3.63, 3.8) is 0 Å². The van der Waals surface area contributed by atoms with Gasteiger partial charge in [-0.1, -0.05) is 6.42 Å². The Bertz CT molecular complexity index is 579. The van der Waals surface area contributed by atoms with Crippen LogP contribution in [0.15, 0.2) is 23.1 Å². The number of aromatic hydroxyl groups is 1. The molecule has 19 heavy (non-hydrogen) atoms. The molecule has 2 rings (SSSR count). The summed E-state index contributed by atoms with van der Waals surface area (Å²) in [5.41, 5.74) is -1.36. The Labute approximate surface area is 108 Å². The van der Waals surface area contributed by atoms with E-state index in [1.807, 2.05) is 0 Å². The average molecular weight is 295 g/mol. The van der Waals surface area contributed by atoms with Crippen molar-refractivity contribution in [3.05, 3.63) is 23.8 Å². The lowest BCUT2D eigenvalue weighted by Crippen LogP contribution is -2.39. The molecule has 4 nitrogen and oxygen atoms in total. The molecular formula is C11H12F3NO3S. The van der Waals surface area contributed by atoms with Gasteiger partial charge in [-0.05, 0) is 31.0 Å². The molecule has 0 radical (unpaired) electrons. The molecule has 1 aromatic carbocycles. The Balaban J connectivity index is 2.34. The second kappa shape index (κ2) is 4.68. The zero-order valence-electron chi connectivity index (χ0n) is 9.74. The van der Waals surface area contributed by atoms with Gasteiger partial charge < -0.3 is 5.11 Å². The summed E-state index contributed by atoms with van der Waals surface area (Å²) in [4.78, 5) is -0.496. The monoisotopic (exact) mass is 295 g/mol. The molecule has 0 saturated heterocycles. The third-order valence-electron chi connectivity index (χ3n) is 3.01. The summed E-state index contributed by atoms with van der Waals surface area (Å²) in [5, 5.41) is 9.14. The maximum Gasteiger partial charge on any atom is 0.419 e. The summed E-state index contributed by atoms with van der Waals surface area (Å²) in [7, 11) is -3.98. The first kappa shape index (κ1) is 14.1. The van der Waals surface area contributed by atoms with E-state index >= 15 is 0 Å². The van der Waals surface area contributed by atoms with Crippen molar-refractivity contribution >= 4 is 10.0 Å². The molecule has 0 atom stereocenters. The fourth-order valence-corrected chi connectivity index (χ4v) is 3.05. The van der Waals surface area contributed by atoms with Crippen molar-refractivity contribution in [1.29, 1.82) is 0 Å². The van der Waals surface area contributed by atoms with Gasteiger partial charge >= 0.3 is 6.18 Å². The Kier molecular flexibility index (Phi) is 3.48. The number of hydrogen-bond donors (Lipinski definition) is 2. The Morgan fingerprint density at radius 3 is 2.37 bits per heavy atom. The molecule has 0 heterocycles. The minimum Gasteiger partial charge on any atom is -0.507 e. The van der Waals surface area contributed by atoms with E-state index < -0.39 is 32.4 Å². The molecule has 0 spiro atoms. The minimum absolute atomic E-state index is 0.215. The van der Waals surface area contributed by atoms with E-state index in [9.17, 15) is 21.6 Å². The van der Waals surface area contributed by atoms with Gasteiger partial charge in [-0.25, -0.2) is 13.1 Å². The normalized spacial score (nSPS) is 17.2. The molecule has 2 N–H and O–H groups in total. The van der Waals surface area contributed by atoms with E-state index in [1.165, 1.54) is 0 Å². The van der Waals surface area contributed by atoms with Crippen LogP contribution in [0, 0.1) is 0 Å². The largest absolute Gasteiger partial charge is 0.507 e. The number of phenolic OH excluding ortho intramolecular Hbond substituents is 1. The van der Waals surface area contributed by atoms with Crippen molar-refractivity contribution in [2.24, 2.45) is 0 Å². The lowest BCUT2D eigenvalue weighted by Gasteiger charge is -2.26. The second-order valence-corrected chi connectivity index (χ2v) is 6.14. The van der Waals surface area contributed by atoms with E-state index in [1.54, 1.807) is 0 Å². The van der Waals surface area contributed by atoms with Gasteiger partial charge in [0.05, 0.1) is 10.5 Å². The smallest absolute Gasteiger partial charge is 0.419 e. The maximum absolute atomic E-state index is 12.6. The van der Waals surface area contributed by atoms with Crippen LogP contribution in [-0.2, 0) is 16.2 Å². The summed E-state index contributed by atoms with van der Waals surface area (Å²) < 4.78 is 63.8. The summed E-state index contributed by atoms with van der Waals surface area (Å²) >= 11 is 0. The van der Waals surface area contributed by atoms with Crippen molar-refractivity contribution in [3.8, 4) is 5.75 Å². The molecule has 0 bridgehead atoms. The van der Waals surface area contributed by atoms with Crippen LogP contribution in [0.5, 0.6) is 5.75 Å². The van der Waals surface area contributed by atoms with Crippen LogP contribution in [0.2, 0.25) is 0 Å². The molecule has 0 aliphatic heterocycles. The van der Waals surface area contributed by atoms with Gasteiger partial charge in [0.25, 0.3) is 0 Å². The molecule has 1 aliphatic rings. The van der Waals surface area contributed by atoms with Gasteiger partial charge in [0.2, 0.25) is 10.0 Å². The fourth-order valence-electron chi connectivity index (χ4n) is 1.72. The number of alkyl halides is 3. The van der Waals surface area contributed by atoms with Crippen LogP contribution in [0.3, 0.4) is 0 Å². The molecule has 0 amide bonds. The number of phenols is 1. The summed E-state index contributed by atoms with van der Waals surface area (Å²) in [6.07, 6.45) is -2.53. The zero-order chi connectivity index (χ0) is 14.3. The first-order valence-electron chi connectivity index (χ1n) is 5.63. The van der Waals surface area contributed by atoms with E-state index in [0.717, 1.165) is 18.6 Å². The van der Waals surface area contributed by atoms with Gasteiger partial charge in [-0.15, -0.1) is 0 Å². The summed E-state index contributed by atoms with van der Waals surface area (Å²) in [6, 6.07) is 1.91. The molecule has 0 unspecified atom stereocenters. The highest BCUT2D eigenvalue weighted by Crippen LogP contribution is 2.37. The lowest BCUT2D eigenvalue weighted by molar-refractivity contribution is -0.138. The van der Waals surface area contributed by atoms with Gasteiger partial charge in [-0.2, -0.15) is 13.2 Å². The first-order chi connectivity index (χ1) is 8.70. The van der Waals surface area contributed by atoms with Gasteiger partial charge in [0.15, 0.2) is 0 Å².